The third-order valence-electron chi connectivity index (χ3n) is 1.36. The first-order chi connectivity index (χ1) is 7.34. The summed E-state index contributed by atoms with van der Waals surface area (Å²) >= 11 is 5.77. The molecule has 0 saturated carbocycles. The molecule has 0 amide bonds. The summed E-state index contributed by atoms with van der Waals surface area (Å²) in [4.78, 5) is 9.94. The summed E-state index contributed by atoms with van der Waals surface area (Å²) in [6, 6.07) is 0. The number of nitrogens with two attached hydrogens (primary N) is 1. The number of allylic oxidation sites excluding steroid dienone is 3. The fourth-order valence-corrected chi connectivity index (χ4v) is 1.12. The molecule has 0 fully saturated rings. The van der Waals surface area contributed by atoms with Crippen LogP contribution in [0.4, 0.5) is 0 Å². The largest absolute Gasteiger partial charge is 0.485 e. The van der Waals surface area contributed by atoms with Gasteiger partial charge in [0.2, 0.25) is 0 Å². The summed E-state index contributed by atoms with van der Waals surface area (Å²) in [6.45, 7) is 4.08. The van der Waals surface area contributed by atoms with E-state index in [1.54, 1.807) is 0 Å². The van der Waals surface area contributed by atoms with E-state index in [9.17, 15) is 4.79 Å². The Morgan fingerprint density at radius 2 is 1.93 bits per heavy atom. The summed E-state index contributed by atoms with van der Waals surface area (Å²) in [5.74, 6) is 0.630. The van der Waals surface area contributed by atoms with Gasteiger partial charge in [-0.3, -0.25) is 4.79 Å². The second-order valence-electron chi connectivity index (χ2n) is 2.18. The first-order valence-electron chi connectivity index (χ1n) is 5.05. The molecule has 0 radical (unpaired) electrons. The molecular formula is C11H20ClNO2. The number of hydrogen-bond donors (Lipinski definition) is 1. The predicted octanol–water partition coefficient (Wildman–Crippen LogP) is 2.60. The normalized spacial score (nSPS) is 13.1. The van der Waals surface area contributed by atoms with Crippen LogP contribution < -0.4 is 5.73 Å². The Morgan fingerprint density at radius 1 is 1.40 bits per heavy atom. The highest BCUT2D eigenvalue weighted by Gasteiger charge is 2.06. The van der Waals surface area contributed by atoms with E-state index in [1.807, 2.05) is 26.0 Å². The molecule has 0 aromatic rings. The maximum absolute atomic E-state index is 9.94. The first kappa shape index (κ1) is 16.6. The zero-order valence-corrected chi connectivity index (χ0v) is 10.4. The first-order valence-corrected chi connectivity index (χ1v) is 5.42. The standard InChI is InChI=1S/C8H9ClO2.C2H6.CH5N/c9-7-3-1-2-4-8(7)11-6-5-10;2*1-2/h3-5H,1-2,6H2;1-2H3;2H2,1H3. The minimum atomic E-state index is 0.0793. The summed E-state index contributed by atoms with van der Waals surface area (Å²) in [7, 11) is 1.50. The molecule has 3 nitrogen and oxygen atoms in total. The molecule has 1 rings (SSSR count). The van der Waals surface area contributed by atoms with Crippen molar-refractivity contribution in [3.63, 3.8) is 0 Å². The number of carbonyl (C=O) groups is 1. The van der Waals surface area contributed by atoms with Gasteiger partial charge in [0.05, 0.1) is 5.03 Å². The zero-order chi connectivity index (χ0) is 12.1. The van der Waals surface area contributed by atoms with Crippen molar-refractivity contribution in [2.75, 3.05) is 13.7 Å². The van der Waals surface area contributed by atoms with Gasteiger partial charge in [-0.15, -0.1) is 0 Å². The van der Waals surface area contributed by atoms with Gasteiger partial charge in [-0.1, -0.05) is 31.5 Å². The SMILES string of the molecule is CC.CN.O=CCOC1=CCCC=C1Cl. The van der Waals surface area contributed by atoms with Crippen LogP contribution >= 0.6 is 11.6 Å². The number of ether oxygens (including phenoxy) is 1. The lowest BCUT2D eigenvalue weighted by molar-refractivity contribution is -0.110. The highest BCUT2D eigenvalue weighted by atomic mass is 35.5. The third-order valence-corrected chi connectivity index (χ3v) is 1.70. The van der Waals surface area contributed by atoms with E-state index in [0.717, 1.165) is 12.8 Å². The lowest BCUT2D eigenvalue weighted by Gasteiger charge is -2.09. The van der Waals surface area contributed by atoms with Crippen molar-refractivity contribution in [2.24, 2.45) is 5.73 Å². The average molecular weight is 234 g/mol. The quantitative estimate of drug-likeness (QED) is 0.763. The van der Waals surface area contributed by atoms with Crippen molar-refractivity contribution in [1.82, 2.24) is 0 Å². The Labute approximate surface area is 96.9 Å². The van der Waals surface area contributed by atoms with Crippen molar-refractivity contribution < 1.29 is 9.53 Å². The molecule has 88 valence electrons. The molecule has 0 aliphatic heterocycles. The zero-order valence-electron chi connectivity index (χ0n) is 9.63. The van der Waals surface area contributed by atoms with E-state index in [0.29, 0.717) is 17.1 Å². The second-order valence-corrected chi connectivity index (χ2v) is 2.58. The van der Waals surface area contributed by atoms with Crippen molar-refractivity contribution in [3.05, 3.63) is 22.9 Å². The van der Waals surface area contributed by atoms with Crippen LogP contribution in [0.3, 0.4) is 0 Å². The molecule has 0 aromatic carbocycles. The monoisotopic (exact) mass is 233 g/mol. The van der Waals surface area contributed by atoms with Gasteiger partial charge in [-0.05, 0) is 26.0 Å². The number of hydrogen-bond acceptors (Lipinski definition) is 3. The molecule has 0 aromatic heterocycles. The van der Waals surface area contributed by atoms with Gasteiger partial charge in [0.15, 0.2) is 6.29 Å². The number of halogens is 1. The summed E-state index contributed by atoms with van der Waals surface area (Å²) in [6.07, 6.45) is 6.38. The van der Waals surface area contributed by atoms with Crippen LogP contribution in [0.2, 0.25) is 0 Å². The van der Waals surface area contributed by atoms with Crippen LogP contribution in [0.25, 0.3) is 0 Å². The van der Waals surface area contributed by atoms with Crippen molar-refractivity contribution >= 4 is 17.9 Å². The molecular weight excluding hydrogens is 214 g/mol. The molecule has 2 N–H and O–H groups in total. The Morgan fingerprint density at radius 3 is 2.40 bits per heavy atom. The molecule has 0 spiro atoms. The molecule has 0 bridgehead atoms. The van der Waals surface area contributed by atoms with Gasteiger partial charge in [0.1, 0.15) is 12.4 Å². The topological polar surface area (TPSA) is 52.3 Å². The second kappa shape index (κ2) is 13.2. The Kier molecular flexibility index (Phi) is 14.6. The van der Waals surface area contributed by atoms with Crippen LogP contribution in [-0.2, 0) is 9.53 Å². The van der Waals surface area contributed by atoms with E-state index in [4.69, 9.17) is 16.3 Å². The molecule has 1 aliphatic rings. The lowest BCUT2D eigenvalue weighted by Crippen LogP contribution is -1.98. The molecule has 1 aliphatic carbocycles. The highest BCUT2D eigenvalue weighted by Crippen LogP contribution is 2.22. The van der Waals surface area contributed by atoms with E-state index in [-0.39, 0.29) is 6.61 Å². The van der Waals surface area contributed by atoms with Crippen molar-refractivity contribution in [2.45, 2.75) is 26.7 Å². The summed E-state index contributed by atoms with van der Waals surface area (Å²) in [5.41, 5.74) is 4.50. The van der Waals surface area contributed by atoms with Crippen LogP contribution in [0.15, 0.2) is 22.9 Å². The smallest absolute Gasteiger partial charge is 0.157 e. The maximum atomic E-state index is 9.94. The van der Waals surface area contributed by atoms with Crippen LogP contribution in [0.5, 0.6) is 0 Å². The van der Waals surface area contributed by atoms with E-state index < -0.39 is 0 Å². The molecule has 0 unspecified atom stereocenters. The third kappa shape index (κ3) is 8.21. The highest BCUT2D eigenvalue weighted by molar-refractivity contribution is 6.31. The Bertz CT molecular complexity index is 213. The van der Waals surface area contributed by atoms with E-state index in [1.165, 1.54) is 7.05 Å². The van der Waals surface area contributed by atoms with E-state index in [2.05, 4.69) is 5.73 Å². The van der Waals surface area contributed by atoms with Crippen LogP contribution in [0.1, 0.15) is 26.7 Å². The fourth-order valence-electron chi connectivity index (χ4n) is 0.874. The average Bonchev–Trinajstić information content (AvgIpc) is 2.33. The Balaban J connectivity index is 0. The van der Waals surface area contributed by atoms with Gasteiger partial charge in [0, 0.05) is 0 Å². The van der Waals surface area contributed by atoms with Crippen molar-refractivity contribution in [3.8, 4) is 0 Å². The molecule has 0 saturated heterocycles. The summed E-state index contributed by atoms with van der Waals surface area (Å²) < 4.78 is 5.04. The molecule has 0 atom stereocenters. The maximum Gasteiger partial charge on any atom is 0.157 e. The van der Waals surface area contributed by atoms with Gasteiger partial charge >= 0.3 is 0 Å². The Hall–Kier alpha value is -0.800. The van der Waals surface area contributed by atoms with Crippen LogP contribution in [0, 0.1) is 0 Å². The fraction of sp³-hybridized carbons (Fsp3) is 0.545. The minimum Gasteiger partial charge on any atom is -0.485 e. The molecule has 0 heterocycles. The predicted molar refractivity (Wildman–Crippen MR) is 64.7 cm³/mol. The van der Waals surface area contributed by atoms with Gasteiger partial charge in [-0.25, -0.2) is 0 Å². The number of carbonyl (C=O) groups excluding carboxylic acids is 1. The van der Waals surface area contributed by atoms with Gasteiger partial charge < -0.3 is 10.5 Å². The lowest BCUT2D eigenvalue weighted by atomic mass is 10.2. The summed E-state index contributed by atoms with van der Waals surface area (Å²) in [5, 5.41) is 0.609. The molecule has 4 heteroatoms. The number of aldehydes is 1. The minimum absolute atomic E-state index is 0.0793. The van der Waals surface area contributed by atoms with E-state index >= 15 is 0 Å². The van der Waals surface area contributed by atoms with Gasteiger partial charge in [0.25, 0.3) is 0 Å². The van der Waals surface area contributed by atoms with Gasteiger partial charge in [-0.2, -0.15) is 0 Å². The molecule has 15 heavy (non-hydrogen) atoms. The van der Waals surface area contributed by atoms with Crippen LogP contribution in [-0.4, -0.2) is 19.9 Å². The number of rotatable bonds is 3. The van der Waals surface area contributed by atoms with Crippen molar-refractivity contribution in [1.29, 1.82) is 0 Å².